The molecule has 6 nitrogen and oxygen atoms in total. The van der Waals surface area contributed by atoms with Crippen molar-refractivity contribution in [1.82, 2.24) is 9.21 Å². The molecule has 1 atom stereocenters. The van der Waals surface area contributed by atoms with Gasteiger partial charge in [-0.2, -0.15) is 0 Å². The summed E-state index contributed by atoms with van der Waals surface area (Å²) in [5.74, 6) is 1.01. The van der Waals surface area contributed by atoms with E-state index in [0.29, 0.717) is 25.2 Å². The van der Waals surface area contributed by atoms with Gasteiger partial charge >= 0.3 is 0 Å². The lowest BCUT2D eigenvalue weighted by Crippen LogP contribution is -2.76. The van der Waals surface area contributed by atoms with E-state index in [1.165, 1.54) is 12.8 Å². The van der Waals surface area contributed by atoms with Crippen molar-refractivity contribution in [2.75, 3.05) is 45.2 Å². The molecule has 3 heterocycles. The van der Waals surface area contributed by atoms with Crippen LogP contribution in [0.5, 0.6) is 0 Å². The molecule has 1 spiro atoms. The van der Waals surface area contributed by atoms with Crippen molar-refractivity contribution in [3.63, 3.8) is 0 Å². The molecule has 0 aromatic heterocycles. The molecule has 0 aromatic carbocycles. The molecule has 25 heavy (non-hydrogen) atoms. The molecule has 1 unspecified atom stereocenters. The van der Waals surface area contributed by atoms with Gasteiger partial charge < -0.3 is 9.47 Å². The monoisotopic (exact) mass is 372 g/mol. The van der Waals surface area contributed by atoms with E-state index in [9.17, 15) is 8.42 Å². The van der Waals surface area contributed by atoms with E-state index in [4.69, 9.17) is 9.47 Å². The van der Waals surface area contributed by atoms with Gasteiger partial charge in [-0.3, -0.25) is 4.90 Å². The standard InChI is InChI=1S/C18H32N2O4S/c1-2-25(21,22)19-9-5-16(6-10-19)20-13-17(24-14-15-3-4-15)18(20)7-11-23-12-8-18/h15-17H,2-14H2,1H3. The molecule has 0 bridgehead atoms. The Morgan fingerprint density at radius 3 is 2.40 bits per heavy atom. The Hall–Kier alpha value is -0.210. The highest BCUT2D eigenvalue weighted by atomic mass is 32.2. The van der Waals surface area contributed by atoms with Crippen molar-refractivity contribution in [1.29, 1.82) is 0 Å². The van der Waals surface area contributed by atoms with Gasteiger partial charge in [-0.1, -0.05) is 0 Å². The van der Waals surface area contributed by atoms with Gasteiger partial charge in [0, 0.05) is 45.5 Å². The SMILES string of the molecule is CCS(=O)(=O)N1CCC(N2CC(OCC3CC3)C23CCOCC3)CC1. The van der Waals surface area contributed by atoms with E-state index in [2.05, 4.69) is 4.90 Å². The van der Waals surface area contributed by atoms with Crippen LogP contribution in [-0.4, -0.2) is 80.5 Å². The van der Waals surface area contributed by atoms with Gasteiger partial charge in [-0.05, 0) is 51.4 Å². The second-order valence-corrected chi connectivity index (χ2v) is 10.4. The number of nitrogens with zero attached hydrogens (tertiary/aromatic N) is 2. The molecule has 7 heteroatoms. The van der Waals surface area contributed by atoms with Crippen molar-refractivity contribution in [3.8, 4) is 0 Å². The Labute approximate surface area is 151 Å². The second kappa shape index (κ2) is 7.08. The fraction of sp³-hybridized carbons (Fsp3) is 1.00. The van der Waals surface area contributed by atoms with Crippen LogP contribution in [0.1, 0.15) is 45.4 Å². The van der Waals surface area contributed by atoms with Crippen LogP contribution in [0, 0.1) is 5.92 Å². The van der Waals surface area contributed by atoms with E-state index in [1.54, 1.807) is 11.2 Å². The smallest absolute Gasteiger partial charge is 0.213 e. The quantitative estimate of drug-likeness (QED) is 0.706. The van der Waals surface area contributed by atoms with Gasteiger partial charge in [0.1, 0.15) is 0 Å². The number of sulfonamides is 1. The number of rotatable bonds is 6. The van der Waals surface area contributed by atoms with Crippen molar-refractivity contribution in [2.45, 2.75) is 63.1 Å². The van der Waals surface area contributed by atoms with Gasteiger partial charge in [-0.15, -0.1) is 0 Å². The molecule has 3 aliphatic heterocycles. The van der Waals surface area contributed by atoms with Crippen molar-refractivity contribution in [3.05, 3.63) is 0 Å². The summed E-state index contributed by atoms with van der Waals surface area (Å²) in [6, 6.07) is 0.488. The van der Waals surface area contributed by atoms with Crippen LogP contribution >= 0.6 is 0 Å². The normalized spacial score (nSPS) is 32.0. The summed E-state index contributed by atoms with van der Waals surface area (Å²) >= 11 is 0. The lowest BCUT2D eigenvalue weighted by Gasteiger charge is -2.63. The molecule has 4 aliphatic rings. The highest BCUT2D eigenvalue weighted by molar-refractivity contribution is 7.89. The van der Waals surface area contributed by atoms with Crippen LogP contribution in [0.3, 0.4) is 0 Å². The topological polar surface area (TPSA) is 59.1 Å². The highest BCUT2D eigenvalue weighted by Crippen LogP contribution is 2.45. The summed E-state index contributed by atoms with van der Waals surface area (Å²) in [5.41, 5.74) is 0.142. The lowest BCUT2D eigenvalue weighted by molar-refractivity contribution is -0.217. The zero-order valence-corrected chi connectivity index (χ0v) is 16.2. The third-order valence-corrected chi connectivity index (χ3v) is 8.63. The fourth-order valence-electron chi connectivity index (χ4n) is 4.81. The van der Waals surface area contributed by atoms with Gasteiger partial charge in [0.05, 0.1) is 17.4 Å². The number of hydrogen-bond acceptors (Lipinski definition) is 5. The summed E-state index contributed by atoms with van der Waals surface area (Å²) in [7, 11) is -3.04. The molecule has 0 aromatic rings. The minimum Gasteiger partial charge on any atom is -0.381 e. The maximum atomic E-state index is 12.1. The van der Waals surface area contributed by atoms with Crippen LogP contribution in [0.4, 0.5) is 0 Å². The molecule has 1 saturated carbocycles. The molecular formula is C18H32N2O4S. The molecule has 0 amide bonds. The molecule has 4 fully saturated rings. The average molecular weight is 373 g/mol. The number of piperidine rings is 1. The molecule has 0 radical (unpaired) electrons. The summed E-state index contributed by atoms with van der Waals surface area (Å²) < 4.78 is 37.8. The number of ether oxygens (including phenoxy) is 2. The number of hydrogen-bond donors (Lipinski definition) is 0. The van der Waals surface area contributed by atoms with Crippen molar-refractivity contribution < 1.29 is 17.9 Å². The molecule has 3 saturated heterocycles. The minimum absolute atomic E-state index is 0.142. The number of likely N-dealkylation sites (tertiary alicyclic amines) is 1. The molecule has 1 aliphatic carbocycles. The first-order chi connectivity index (χ1) is 12.0. The van der Waals surface area contributed by atoms with Crippen LogP contribution in [-0.2, 0) is 19.5 Å². The lowest BCUT2D eigenvalue weighted by atomic mass is 9.73. The summed E-state index contributed by atoms with van der Waals surface area (Å²) in [6.07, 6.45) is 6.99. The first-order valence-corrected chi connectivity index (χ1v) is 11.6. The summed E-state index contributed by atoms with van der Waals surface area (Å²) in [4.78, 5) is 2.64. The van der Waals surface area contributed by atoms with Gasteiger partial charge in [-0.25, -0.2) is 12.7 Å². The Kier molecular flexibility index (Phi) is 5.14. The van der Waals surface area contributed by atoms with Gasteiger partial charge in [0.15, 0.2) is 0 Å². The zero-order valence-electron chi connectivity index (χ0n) is 15.4. The third-order valence-electron chi connectivity index (χ3n) is 6.74. The minimum atomic E-state index is -3.04. The average Bonchev–Trinajstić information content (AvgIpc) is 3.46. The van der Waals surface area contributed by atoms with E-state index in [-0.39, 0.29) is 11.3 Å². The van der Waals surface area contributed by atoms with Crippen LogP contribution in [0.2, 0.25) is 0 Å². The Morgan fingerprint density at radius 2 is 1.80 bits per heavy atom. The fourth-order valence-corrected chi connectivity index (χ4v) is 5.94. The van der Waals surface area contributed by atoms with Crippen LogP contribution in [0.25, 0.3) is 0 Å². The molecule has 4 rings (SSSR count). The Morgan fingerprint density at radius 1 is 1.12 bits per heavy atom. The Balaban J connectivity index is 1.38. The first kappa shape index (κ1) is 18.2. The predicted molar refractivity (Wildman–Crippen MR) is 96.0 cm³/mol. The van der Waals surface area contributed by atoms with Crippen molar-refractivity contribution >= 4 is 10.0 Å². The van der Waals surface area contributed by atoms with E-state index in [1.807, 2.05) is 0 Å². The van der Waals surface area contributed by atoms with E-state index < -0.39 is 10.0 Å². The maximum absolute atomic E-state index is 12.1. The molecule has 144 valence electrons. The van der Waals surface area contributed by atoms with Crippen LogP contribution < -0.4 is 0 Å². The Bertz CT molecular complexity index is 564. The first-order valence-electron chi connectivity index (χ1n) is 9.99. The predicted octanol–water partition coefficient (Wildman–Crippen LogP) is 1.46. The van der Waals surface area contributed by atoms with Crippen molar-refractivity contribution in [2.24, 2.45) is 5.92 Å². The van der Waals surface area contributed by atoms with Crippen LogP contribution in [0.15, 0.2) is 0 Å². The largest absolute Gasteiger partial charge is 0.381 e. The summed E-state index contributed by atoms with van der Waals surface area (Å²) in [6.45, 7) is 6.64. The summed E-state index contributed by atoms with van der Waals surface area (Å²) in [5, 5.41) is 0. The van der Waals surface area contributed by atoms with Gasteiger partial charge in [0.2, 0.25) is 10.0 Å². The van der Waals surface area contributed by atoms with E-state index in [0.717, 1.165) is 58.0 Å². The van der Waals surface area contributed by atoms with E-state index >= 15 is 0 Å². The third kappa shape index (κ3) is 3.50. The molecule has 0 N–H and O–H groups in total. The molecular weight excluding hydrogens is 340 g/mol. The maximum Gasteiger partial charge on any atom is 0.213 e. The second-order valence-electron chi connectivity index (χ2n) is 8.16. The van der Waals surface area contributed by atoms with Gasteiger partial charge in [0.25, 0.3) is 0 Å². The zero-order chi connectivity index (χ0) is 17.5. The highest BCUT2D eigenvalue weighted by Gasteiger charge is 2.57.